The van der Waals surface area contributed by atoms with Crippen molar-refractivity contribution in [3.63, 3.8) is 0 Å². The standard InChI is InChI=1S/C25H18IN3O2/c1-31-19-9-11-22-20(14-19)16(15-27-22)7-12-24-28-23-10-8-17(26)13-21(23)25(30)29(24)18-5-3-2-4-6-18/h2-15,27H,1H3/b12-7+. The summed E-state index contributed by atoms with van der Waals surface area (Å²) in [6, 6.07) is 21.2. The summed E-state index contributed by atoms with van der Waals surface area (Å²) in [4.78, 5) is 21.5. The van der Waals surface area contributed by atoms with Gasteiger partial charge in [-0.1, -0.05) is 18.2 Å². The van der Waals surface area contributed by atoms with Crippen molar-refractivity contribution >= 4 is 56.5 Å². The SMILES string of the molecule is COc1ccc2[nH]cc(/C=C/c3nc4ccc(I)cc4c(=O)n3-c3ccccc3)c2c1. The van der Waals surface area contributed by atoms with Gasteiger partial charge in [-0.2, -0.15) is 0 Å². The van der Waals surface area contributed by atoms with Crippen molar-refractivity contribution in [3.05, 3.63) is 98.2 Å². The molecule has 0 amide bonds. The average Bonchev–Trinajstić information content (AvgIpc) is 3.21. The number of para-hydroxylation sites is 1. The number of nitrogens with zero attached hydrogens (tertiary/aromatic N) is 2. The molecule has 0 aliphatic carbocycles. The molecule has 0 spiro atoms. The molecule has 1 N–H and O–H groups in total. The smallest absolute Gasteiger partial charge is 0.266 e. The molecule has 0 bridgehead atoms. The molecular weight excluding hydrogens is 501 g/mol. The highest BCUT2D eigenvalue weighted by molar-refractivity contribution is 14.1. The van der Waals surface area contributed by atoms with Crippen LogP contribution in [0.2, 0.25) is 0 Å². The quantitative estimate of drug-likeness (QED) is 0.312. The van der Waals surface area contributed by atoms with Crippen molar-refractivity contribution in [1.29, 1.82) is 0 Å². The number of nitrogens with one attached hydrogen (secondary N) is 1. The minimum Gasteiger partial charge on any atom is -0.497 e. The number of ether oxygens (including phenoxy) is 1. The summed E-state index contributed by atoms with van der Waals surface area (Å²) in [5.41, 5.74) is 3.38. The topological polar surface area (TPSA) is 59.9 Å². The summed E-state index contributed by atoms with van der Waals surface area (Å²) < 4.78 is 8.02. The van der Waals surface area contributed by atoms with E-state index in [-0.39, 0.29) is 5.56 Å². The average molecular weight is 519 g/mol. The minimum absolute atomic E-state index is 0.0880. The molecule has 0 unspecified atom stereocenters. The molecule has 152 valence electrons. The second-order valence-electron chi connectivity index (χ2n) is 7.10. The summed E-state index contributed by atoms with van der Waals surface area (Å²) in [5.74, 6) is 1.36. The first-order valence-corrected chi connectivity index (χ1v) is 10.8. The maximum Gasteiger partial charge on any atom is 0.266 e. The maximum atomic E-state index is 13.4. The van der Waals surface area contributed by atoms with Gasteiger partial charge in [-0.25, -0.2) is 4.98 Å². The van der Waals surface area contributed by atoms with E-state index in [2.05, 4.69) is 27.6 Å². The largest absolute Gasteiger partial charge is 0.497 e. The van der Waals surface area contributed by atoms with Gasteiger partial charge in [0.1, 0.15) is 11.6 Å². The number of halogens is 1. The van der Waals surface area contributed by atoms with E-state index < -0.39 is 0 Å². The van der Waals surface area contributed by atoms with Crippen molar-refractivity contribution < 1.29 is 4.74 Å². The first-order chi connectivity index (χ1) is 15.1. The summed E-state index contributed by atoms with van der Waals surface area (Å²) >= 11 is 2.21. The number of aromatic nitrogens is 3. The maximum absolute atomic E-state index is 13.4. The van der Waals surface area contributed by atoms with Gasteiger partial charge in [0.05, 0.1) is 23.7 Å². The minimum atomic E-state index is -0.0880. The third-order valence-corrected chi connectivity index (χ3v) is 5.87. The van der Waals surface area contributed by atoms with Gasteiger partial charge in [-0.05, 0) is 83.3 Å². The number of hydrogen-bond acceptors (Lipinski definition) is 3. The van der Waals surface area contributed by atoms with Gasteiger partial charge < -0.3 is 9.72 Å². The zero-order valence-electron chi connectivity index (χ0n) is 16.7. The fourth-order valence-corrected chi connectivity index (χ4v) is 4.16. The number of hydrogen-bond donors (Lipinski definition) is 1. The van der Waals surface area contributed by atoms with E-state index in [4.69, 9.17) is 9.72 Å². The Morgan fingerprint density at radius 2 is 1.84 bits per heavy atom. The number of fused-ring (bicyclic) bond motifs is 2. The molecule has 5 rings (SSSR count). The van der Waals surface area contributed by atoms with Gasteiger partial charge in [0.2, 0.25) is 0 Å². The predicted octanol–water partition coefficient (Wildman–Crippen LogP) is 5.65. The fourth-order valence-electron chi connectivity index (χ4n) is 3.66. The Balaban J connectivity index is 1.71. The molecule has 3 aromatic carbocycles. The summed E-state index contributed by atoms with van der Waals surface area (Å²) in [7, 11) is 1.65. The third-order valence-electron chi connectivity index (χ3n) is 5.20. The Bertz CT molecular complexity index is 1500. The van der Waals surface area contributed by atoms with Crippen molar-refractivity contribution in [1.82, 2.24) is 14.5 Å². The fraction of sp³-hybridized carbons (Fsp3) is 0.0400. The van der Waals surface area contributed by atoms with E-state index >= 15 is 0 Å². The van der Waals surface area contributed by atoms with Crippen molar-refractivity contribution in [3.8, 4) is 11.4 Å². The van der Waals surface area contributed by atoms with Crippen LogP contribution in [0.1, 0.15) is 11.4 Å². The lowest BCUT2D eigenvalue weighted by molar-refractivity contribution is 0.415. The lowest BCUT2D eigenvalue weighted by Crippen LogP contribution is -2.22. The van der Waals surface area contributed by atoms with Crippen LogP contribution in [-0.2, 0) is 0 Å². The second kappa shape index (κ2) is 8.03. The van der Waals surface area contributed by atoms with Gasteiger partial charge >= 0.3 is 0 Å². The molecule has 2 heterocycles. The molecule has 31 heavy (non-hydrogen) atoms. The Hall–Kier alpha value is -3.39. The second-order valence-corrected chi connectivity index (χ2v) is 8.34. The highest BCUT2D eigenvalue weighted by atomic mass is 127. The molecule has 0 aliphatic heterocycles. The van der Waals surface area contributed by atoms with Crippen LogP contribution in [-0.4, -0.2) is 21.6 Å². The number of rotatable bonds is 4. The molecule has 0 fully saturated rings. The van der Waals surface area contributed by atoms with Crippen molar-refractivity contribution in [2.24, 2.45) is 0 Å². The number of benzene rings is 3. The van der Waals surface area contributed by atoms with Gasteiger partial charge in [0.15, 0.2) is 0 Å². The molecule has 5 nitrogen and oxygen atoms in total. The summed E-state index contributed by atoms with van der Waals surface area (Å²) in [6.45, 7) is 0. The molecule has 0 aliphatic rings. The molecule has 6 heteroatoms. The van der Waals surface area contributed by atoms with Crippen LogP contribution < -0.4 is 10.3 Å². The Labute approximate surface area is 192 Å². The molecule has 5 aromatic rings. The Morgan fingerprint density at radius 1 is 1.00 bits per heavy atom. The molecule has 0 saturated carbocycles. The zero-order chi connectivity index (χ0) is 21.4. The van der Waals surface area contributed by atoms with E-state index in [1.165, 1.54) is 0 Å². The molecule has 0 radical (unpaired) electrons. The number of H-pyrrole nitrogens is 1. The van der Waals surface area contributed by atoms with Crippen LogP contribution in [0.25, 0.3) is 39.6 Å². The van der Waals surface area contributed by atoms with E-state index in [1.807, 2.05) is 85.1 Å². The van der Waals surface area contributed by atoms with Crippen molar-refractivity contribution in [2.45, 2.75) is 0 Å². The van der Waals surface area contributed by atoms with E-state index in [1.54, 1.807) is 11.7 Å². The number of methoxy groups -OCH3 is 1. The highest BCUT2D eigenvalue weighted by Crippen LogP contribution is 2.25. The molecule has 0 atom stereocenters. The first kappa shape index (κ1) is 19.6. The zero-order valence-corrected chi connectivity index (χ0v) is 18.8. The Morgan fingerprint density at radius 3 is 2.65 bits per heavy atom. The monoisotopic (exact) mass is 519 g/mol. The van der Waals surface area contributed by atoms with Crippen molar-refractivity contribution in [2.75, 3.05) is 7.11 Å². The Kier molecular flexibility index (Phi) is 5.07. The van der Waals surface area contributed by atoms with Crippen LogP contribution >= 0.6 is 22.6 Å². The lowest BCUT2D eigenvalue weighted by Gasteiger charge is -2.11. The van der Waals surface area contributed by atoms with E-state index in [0.29, 0.717) is 16.7 Å². The van der Waals surface area contributed by atoms with Gasteiger partial charge in [0.25, 0.3) is 5.56 Å². The van der Waals surface area contributed by atoms with Crippen LogP contribution in [0.4, 0.5) is 0 Å². The predicted molar refractivity (Wildman–Crippen MR) is 134 cm³/mol. The summed E-state index contributed by atoms with van der Waals surface area (Å²) in [6.07, 6.45) is 5.79. The van der Waals surface area contributed by atoms with Gasteiger partial charge in [-0.15, -0.1) is 0 Å². The van der Waals surface area contributed by atoms with Crippen LogP contribution in [0.5, 0.6) is 5.75 Å². The van der Waals surface area contributed by atoms with Gasteiger partial charge in [0, 0.05) is 26.2 Å². The lowest BCUT2D eigenvalue weighted by atomic mass is 10.1. The molecule has 2 aromatic heterocycles. The van der Waals surface area contributed by atoms with Crippen LogP contribution in [0, 0.1) is 3.57 Å². The van der Waals surface area contributed by atoms with Crippen LogP contribution in [0.3, 0.4) is 0 Å². The van der Waals surface area contributed by atoms with Gasteiger partial charge in [-0.3, -0.25) is 9.36 Å². The molecule has 0 saturated heterocycles. The normalized spacial score (nSPS) is 11.5. The first-order valence-electron chi connectivity index (χ1n) is 9.75. The summed E-state index contributed by atoms with van der Waals surface area (Å²) in [5, 5.41) is 1.64. The third kappa shape index (κ3) is 3.63. The number of aromatic amines is 1. The van der Waals surface area contributed by atoms with E-state index in [0.717, 1.165) is 31.5 Å². The van der Waals surface area contributed by atoms with E-state index in [9.17, 15) is 4.79 Å². The highest BCUT2D eigenvalue weighted by Gasteiger charge is 2.12. The molecular formula is C25H18IN3O2. The van der Waals surface area contributed by atoms with Crippen LogP contribution in [0.15, 0.2) is 77.7 Å².